The van der Waals surface area contributed by atoms with E-state index >= 15 is 0 Å². The molecule has 21 heavy (non-hydrogen) atoms. The summed E-state index contributed by atoms with van der Waals surface area (Å²) in [6.45, 7) is 0. The van der Waals surface area contributed by atoms with E-state index in [0.717, 1.165) is 10.0 Å². The van der Waals surface area contributed by atoms with Crippen LogP contribution < -0.4 is 5.32 Å². The van der Waals surface area contributed by atoms with E-state index in [2.05, 4.69) is 21.2 Å². The van der Waals surface area contributed by atoms with E-state index in [-0.39, 0.29) is 5.57 Å². The number of nitrogens with zero attached hydrogens (tertiary/aromatic N) is 1. The fourth-order valence-electron chi connectivity index (χ4n) is 1.65. The molecule has 0 bridgehead atoms. The van der Waals surface area contributed by atoms with Crippen LogP contribution in [0.1, 0.15) is 5.56 Å². The number of halogens is 2. The van der Waals surface area contributed by atoms with Crippen LogP contribution in [0.5, 0.6) is 0 Å². The first-order chi connectivity index (χ1) is 10.1. The number of amides is 1. The Kier molecular flexibility index (Phi) is 5.15. The second kappa shape index (κ2) is 7.07. The highest BCUT2D eigenvalue weighted by atomic mass is 79.9. The smallest absolute Gasteiger partial charge is 0.266 e. The molecule has 0 radical (unpaired) electrons. The molecule has 1 N–H and O–H groups in total. The molecule has 0 saturated carbocycles. The van der Waals surface area contributed by atoms with Crippen molar-refractivity contribution in [2.45, 2.75) is 0 Å². The molecular formula is C16H10BrClN2O. The van der Waals surface area contributed by atoms with Gasteiger partial charge in [0, 0.05) is 4.47 Å². The van der Waals surface area contributed by atoms with Crippen molar-refractivity contribution in [1.82, 2.24) is 0 Å². The molecule has 0 atom stereocenters. The van der Waals surface area contributed by atoms with Crippen LogP contribution in [-0.4, -0.2) is 5.91 Å². The van der Waals surface area contributed by atoms with Crippen molar-refractivity contribution in [2.75, 3.05) is 5.32 Å². The van der Waals surface area contributed by atoms with Gasteiger partial charge >= 0.3 is 0 Å². The van der Waals surface area contributed by atoms with Crippen LogP contribution in [0.25, 0.3) is 6.08 Å². The van der Waals surface area contributed by atoms with E-state index < -0.39 is 5.91 Å². The molecule has 2 aromatic carbocycles. The molecular weight excluding hydrogens is 352 g/mol. The summed E-state index contributed by atoms with van der Waals surface area (Å²) < 4.78 is 0.811. The molecule has 0 fully saturated rings. The first-order valence-electron chi connectivity index (χ1n) is 6.03. The lowest BCUT2D eigenvalue weighted by molar-refractivity contribution is -0.112. The van der Waals surface area contributed by atoms with Gasteiger partial charge in [-0.15, -0.1) is 0 Å². The molecule has 0 aromatic heterocycles. The van der Waals surface area contributed by atoms with Crippen molar-refractivity contribution < 1.29 is 4.79 Å². The predicted octanol–water partition coefficient (Wildman–Crippen LogP) is 4.65. The number of anilines is 1. The predicted molar refractivity (Wildman–Crippen MR) is 87.8 cm³/mol. The molecule has 2 aromatic rings. The lowest BCUT2D eigenvalue weighted by Crippen LogP contribution is -2.13. The van der Waals surface area contributed by atoms with Crippen LogP contribution >= 0.6 is 27.5 Å². The highest BCUT2D eigenvalue weighted by Gasteiger charge is 2.11. The van der Waals surface area contributed by atoms with E-state index in [9.17, 15) is 4.79 Å². The Labute approximate surface area is 136 Å². The number of nitrogens with one attached hydrogen (secondary N) is 1. The number of benzene rings is 2. The van der Waals surface area contributed by atoms with Crippen molar-refractivity contribution in [3.05, 3.63) is 69.2 Å². The molecule has 0 aliphatic heterocycles. The monoisotopic (exact) mass is 360 g/mol. The summed E-state index contributed by atoms with van der Waals surface area (Å²) in [5.74, 6) is -0.495. The van der Waals surface area contributed by atoms with Crippen molar-refractivity contribution in [2.24, 2.45) is 0 Å². The fraction of sp³-hybridized carbons (Fsp3) is 0. The molecule has 3 nitrogen and oxygen atoms in total. The Morgan fingerprint density at radius 2 is 1.95 bits per heavy atom. The minimum absolute atomic E-state index is 0.0141. The van der Waals surface area contributed by atoms with Gasteiger partial charge in [-0.25, -0.2) is 0 Å². The summed E-state index contributed by atoms with van der Waals surface area (Å²) in [6, 6.07) is 16.2. The maximum atomic E-state index is 12.1. The lowest BCUT2D eigenvalue weighted by Gasteiger charge is -2.06. The van der Waals surface area contributed by atoms with Gasteiger partial charge < -0.3 is 5.32 Å². The first-order valence-corrected chi connectivity index (χ1v) is 7.20. The zero-order valence-corrected chi connectivity index (χ0v) is 13.1. The normalized spacial score (nSPS) is 10.8. The Bertz CT molecular complexity index is 736. The van der Waals surface area contributed by atoms with E-state index in [1.165, 1.54) is 6.08 Å². The fourth-order valence-corrected chi connectivity index (χ4v) is 2.37. The average Bonchev–Trinajstić information content (AvgIpc) is 2.48. The number of carbonyl (C=O) groups is 1. The summed E-state index contributed by atoms with van der Waals surface area (Å²) in [5.41, 5.74) is 1.25. The average molecular weight is 362 g/mol. The third-order valence-electron chi connectivity index (χ3n) is 2.65. The summed E-state index contributed by atoms with van der Waals surface area (Å²) in [5, 5.41) is 12.2. The van der Waals surface area contributed by atoms with Crippen LogP contribution in [0, 0.1) is 11.3 Å². The zero-order chi connectivity index (χ0) is 15.2. The largest absolute Gasteiger partial charge is 0.320 e. The minimum atomic E-state index is -0.495. The molecule has 5 heteroatoms. The highest BCUT2D eigenvalue weighted by Crippen LogP contribution is 2.26. The van der Waals surface area contributed by atoms with E-state index in [1.54, 1.807) is 18.2 Å². The Hall–Kier alpha value is -2.09. The van der Waals surface area contributed by atoms with Gasteiger partial charge in [0.1, 0.15) is 11.6 Å². The molecule has 0 saturated heterocycles. The van der Waals surface area contributed by atoms with Gasteiger partial charge in [0.05, 0.1) is 10.7 Å². The molecule has 0 aliphatic carbocycles. The Balaban J connectivity index is 2.22. The number of hydrogen-bond donors (Lipinski definition) is 1. The number of carbonyl (C=O) groups excluding carboxylic acids is 1. The Morgan fingerprint density at radius 3 is 2.57 bits per heavy atom. The zero-order valence-electron chi connectivity index (χ0n) is 10.8. The van der Waals surface area contributed by atoms with E-state index in [1.807, 2.05) is 36.4 Å². The SMILES string of the molecule is N#C/C(=C\c1ccccc1)C(=O)Nc1ccc(Br)cc1Cl. The Morgan fingerprint density at radius 1 is 1.24 bits per heavy atom. The van der Waals surface area contributed by atoms with Crippen molar-refractivity contribution in [1.29, 1.82) is 5.26 Å². The summed E-state index contributed by atoms with van der Waals surface area (Å²) >= 11 is 9.32. The summed E-state index contributed by atoms with van der Waals surface area (Å²) in [4.78, 5) is 12.1. The van der Waals surface area contributed by atoms with Gasteiger partial charge in [-0.2, -0.15) is 5.26 Å². The molecule has 0 aliphatic rings. The van der Waals surface area contributed by atoms with Crippen molar-refractivity contribution >= 4 is 45.2 Å². The van der Waals surface area contributed by atoms with Gasteiger partial charge in [-0.1, -0.05) is 57.9 Å². The number of rotatable bonds is 3. The highest BCUT2D eigenvalue weighted by molar-refractivity contribution is 9.10. The number of nitriles is 1. The van der Waals surface area contributed by atoms with Crippen molar-refractivity contribution in [3.63, 3.8) is 0 Å². The lowest BCUT2D eigenvalue weighted by atomic mass is 10.1. The van der Waals surface area contributed by atoms with Gasteiger partial charge in [0.15, 0.2) is 0 Å². The molecule has 1 amide bonds. The molecule has 0 heterocycles. The minimum Gasteiger partial charge on any atom is -0.320 e. The van der Waals surface area contributed by atoms with Gasteiger partial charge in [-0.05, 0) is 29.8 Å². The van der Waals surface area contributed by atoms with Crippen LogP contribution in [0.2, 0.25) is 5.02 Å². The van der Waals surface area contributed by atoms with Gasteiger partial charge in [0.2, 0.25) is 0 Å². The molecule has 0 unspecified atom stereocenters. The van der Waals surface area contributed by atoms with Crippen LogP contribution in [0.4, 0.5) is 5.69 Å². The number of hydrogen-bond acceptors (Lipinski definition) is 2. The van der Waals surface area contributed by atoms with Crippen molar-refractivity contribution in [3.8, 4) is 6.07 Å². The maximum Gasteiger partial charge on any atom is 0.266 e. The van der Waals surface area contributed by atoms with E-state index in [4.69, 9.17) is 16.9 Å². The third kappa shape index (κ3) is 4.19. The first kappa shape index (κ1) is 15.3. The maximum absolute atomic E-state index is 12.1. The summed E-state index contributed by atoms with van der Waals surface area (Å²) in [7, 11) is 0. The third-order valence-corrected chi connectivity index (χ3v) is 3.46. The van der Waals surface area contributed by atoms with Crippen LogP contribution in [-0.2, 0) is 4.79 Å². The quantitative estimate of drug-likeness (QED) is 0.639. The molecule has 2 rings (SSSR count). The standard InChI is InChI=1S/C16H10BrClN2O/c17-13-6-7-15(14(18)9-13)20-16(21)12(10-19)8-11-4-2-1-3-5-11/h1-9H,(H,20,21)/b12-8+. The topological polar surface area (TPSA) is 52.9 Å². The molecule has 104 valence electrons. The molecule has 0 spiro atoms. The van der Waals surface area contributed by atoms with Crippen LogP contribution in [0.15, 0.2) is 58.6 Å². The van der Waals surface area contributed by atoms with Gasteiger partial charge in [-0.3, -0.25) is 4.79 Å². The van der Waals surface area contributed by atoms with E-state index in [0.29, 0.717) is 10.7 Å². The second-order valence-corrected chi connectivity index (χ2v) is 5.48. The second-order valence-electron chi connectivity index (χ2n) is 4.16. The van der Waals surface area contributed by atoms with Gasteiger partial charge in [0.25, 0.3) is 5.91 Å². The summed E-state index contributed by atoms with van der Waals surface area (Å²) in [6.07, 6.45) is 1.53. The van der Waals surface area contributed by atoms with Crippen LogP contribution in [0.3, 0.4) is 0 Å².